The second-order valence-corrected chi connectivity index (χ2v) is 6.39. The van der Waals surface area contributed by atoms with Crippen LogP contribution in [0.3, 0.4) is 0 Å². The number of hydrogen-bond donors (Lipinski definition) is 1. The summed E-state index contributed by atoms with van der Waals surface area (Å²) < 4.78 is 1.95. The molecule has 1 aromatic carbocycles. The lowest BCUT2D eigenvalue weighted by atomic mass is 10.3. The van der Waals surface area contributed by atoms with Gasteiger partial charge in [0, 0.05) is 32.3 Å². The number of nitrogens with zero attached hydrogens (tertiary/aromatic N) is 4. The van der Waals surface area contributed by atoms with Crippen molar-refractivity contribution in [2.24, 2.45) is 0 Å². The van der Waals surface area contributed by atoms with Crippen molar-refractivity contribution in [2.75, 3.05) is 19.6 Å². The van der Waals surface area contributed by atoms with Crippen molar-refractivity contribution in [3.63, 3.8) is 0 Å². The predicted octanol–water partition coefficient (Wildman–Crippen LogP) is 2.27. The van der Waals surface area contributed by atoms with Gasteiger partial charge >= 0.3 is 0 Å². The second kappa shape index (κ2) is 9.12. The number of rotatable bonds is 8. The Hall–Kier alpha value is -3.22. The zero-order valence-electron chi connectivity index (χ0n) is 16.3. The minimum Gasteiger partial charge on any atom is -0.350 e. The van der Waals surface area contributed by atoms with Gasteiger partial charge in [0.15, 0.2) is 0 Å². The second-order valence-electron chi connectivity index (χ2n) is 6.39. The molecule has 0 spiro atoms. The summed E-state index contributed by atoms with van der Waals surface area (Å²) in [6.07, 6.45) is 2.12. The van der Waals surface area contributed by atoms with Crippen molar-refractivity contribution in [1.82, 2.24) is 24.8 Å². The van der Waals surface area contributed by atoms with E-state index in [2.05, 4.69) is 15.3 Å². The SMILES string of the molecule is CCN(CC)C(=O)Cn1c(CCNC(=O)c2ccccn2)nc2ccccc21. The molecule has 0 aliphatic heterocycles. The molecule has 7 nitrogen and oxygen atoms in total. The zero-order chi connectivity index (χ0) is 19.9. The van der Waals surface area contributed by atoms with Crippen molar-refractivity contribution in [3.8, 4) is 0 Å². The van der Waals surface area contributed by atoms with Gasteiger partial charge < -0.3 is 14.8 Å². The average Bonchev–Trinajstić information content (AvgIpc) is 3.07. The van der Waals surface area contributed by atoms with Gasteiger partial charge in [-0.3, -0.25) is 14.6 Å². The Morgan fingerprint density at radius 3 is 2.54 bits per heavy atom. The fraction of sp³-hybridized carbons (Fsp3) is 0.333. The molecule has 0 atom stereocenters. The van der Waals surface area contributed by atoms with Gasteiger partial charge in [0.05, 0.1) is 11.0 Å². The van der Waals surface area contributed by atoms with E-state index in [4.69, 9.17) is 0 Å². The number of hydrogen-bond acceptors (Lipinski definition) is 4. The van der Waals surface area contributed by atoms with Gasteiger partial charge in [-0.1, -0.05) is 18.2 Å². The first-order valence-corrected chi connectivity index (χ1v) is 9.55. The van der Waals surface area contributed by atoms with Crippen LogP contribution in [0.25, 0.3) is 11.0 Å². The van der Waals surface area contributed by atoms with Crippen LogP contribution in [0, 0.1) is 0 Å². The largest absolute Gasteiger partial charge is 0.350 e. The number of benzene rings is 1. The van der Waals surface area contributed by atoms with Gasteiger partial charge in [0.1, 0.15) is 18.1 Å². The molecule has 3 aromatic rings. The third kappa shape index (κ3) is 4.36. The van der Waals surface area contributed by atoms with Crippen molar-refractivity contribution in [3.05, 3.63) is 60.2 Å². The van der Waals surface area contributed by atoms with E-state index in [0.717, 1.165) is 16.9 Å². The first kappa shape index (κ1) is 19.5. The lowest BCUT2D eigenvalue weighted by Gasteiger charge is -2.20. The Morgan fingerprint density at radius 2 is 1.82 bits per heavy atom. The summed E-state index contributed by atoms with van der Waals surface area (Å²) in [5, 5.41) is 2.87. The molecule has 7 heteroatoms. The van der Waals surface area contributed by atoms with Crippen LogP contribution < -0.4 is 5.32 Å². The number of aromatic nitrogens is 3. The van der Waals surface area contributed by atoms with E-state index >= 15 is 0 Å². The summed E-state index contributed by atoms with van der Waals surface area (Å²) in [4.78, 5) is 35.3. The lowest BCUT2D eigenvalue weighted by Crippen LogP contribution is -2.34. The number of carbonyl (C=O) groups excluding carboxylic acids is 2. The quantitative estimate of drug-likeness (QED) is 0.651. The molecule has 0 unspecified atom stereocenters. The highest BCUT2D eigenvalue weighted by molar-refractivity contribution is 5.92. The normalized spacial score (nSPS) is 10.8. The van der Waals surface area contributed by atoms with Crippen LogP contribution in [-0.2, 0) is 17.8 Å². The smallest absolute Gasteiger partial charge is 0.269 e. The zero-order valence-corrected chi connectivity index (χ0v) is 16.3. The first-order chi connectivity index (χ1) is 13.6. The Bertz CT molecular complexity index is 948. The van der Waals surface area contributed by atoms with Crippen LogP contribution in [0.2, 0.25) is 0 Å². The maximum absolute atomic E-state index is 12.6. The molecule has 0 fully saturated rings. The highest BCUT2D eigenvalue weighted by atomic mass is 16.2. The van der Waals surface area contributed by atoms with Crippen LogP contribution >= 0.6 is 0 Å². The minimum absolute atomic E-state index is 0.0620. The molecular formula is C21H25N5O2. The molecule has 1 N–H and O–H groups in total. The molecule has 28 heavy (non-hydrogen) atoms. The number of amides is 2. The average molecular weight is 379 g/mol. The van der Waals surface area contributed by atoms with Gasteiger partial charge in [-0.05, 0) is 38.1 Å². The number of fused-ring (bicyclic) bond motifs is 1. The van der Waals surface area contributed by atoms with E-state index in [1.165, 1.54) is 0 Å². The van der Waals surface area contributed by atoms with E-state index in [-0.39, 0.29) is 18.4 Å². The molecular weight excluding hydrogens is 354 g/mol. The Labute approximate surface area is 164 Å². The van der Waals surface area contributed by atoms with Gasteiger partial charge in [0.25, 0.3) is 5.91 Å². The maximum Gasteiger partial charge on any atom is 0.269 e. The van der Waals surface area contributed by atoms with Gasteiger partial charge in [-0.2, -0.15) is 0 Å². The Morgan fingerprint density at radius 1 is 1.07 bits per heavy atom. The van der Waals surface area contributed by atoms with E-state index in [1.54, 1.807) is 29.3 Å². The molecule has 0 aliphatic rings. The van der Waals surface area contributed by atoms with Gasteiger partial charge in [-0.15, -0.1) is 0 Å². The molecule has 0 bridgehead atoms. The van der Waals surface area contributed by atoms with Crippen LogP contribution in [-0.4, -0.2) is 50.9 Å². The lowest BCUT2D eigenvalue weighted by molar-refractivity contribution is -0.131. The fourth-order valence-corrected chi connectivity index (χ4v) is 3.18. The van der Waals surface area contributed by atoms with Crippen molar-refractivity contribution in [2.45, 2.75) is 26.8 Å². The monoisotopic (exact) mass is 379 g/mol. The summed E-state index contributed by atoms with van der Waals surface area (Å²) in [5.74, 6) is 0.623. The van der Waals surface area contributed by atoms with E-state index < -0.39 is 0 Å². The highest BCUT2D eigenvalue weighted by Crippen LogP contribution is 2.17. The molecule has 2 amide bonds. The van der Waals surface area contributed by atoms with Crippen LogP contribution in [0.1, 0.15) is 30.2 Å². The number of imidazole rings is 1. The summed E-state index contributed by atoms with van der Waals surface area (Å²) in [5.41, 5.74) is 2.16. The standard InChI is InChI=1S/C21H25N5O2/c1-3-25(4-2)20(27)15-26-18-11-6-5-9-16(18)24-19(26)12-14-23-21(28)17-10-7-8-13-22-17/h5-11,13H,3-4,12,14-15H2,1-2H3,(H,23,28). The minimum atomic E-state index is -0.220. The molecule has 2 aromatic heterocycles. The predicted molar refractivity (Wildman–Crippen MR) is 108 cm³/mol. The maximum atomic E-state index is 12.6. The summed E-state index contributed by atoms with van der Waals surface area (Å²) in [6.45, 7) is 5.96. The van der Waals surface area contributed by atoms with E-state index in [9.17, 15) is 9.59 Å². The Balaban J connectivity index is 1.75. The number of likely N-dealkylation sites (N-methyl/N-ethyl adjacent to an activating group) is 1. The molecule has 3 rings (SSSR count). The number of para-hydroxylation sites is 2. The molecule has 146 valence electrons. The number of pyridine rings is 1. The third-order valence-corrected chi connectivity index (χ3v) is 4.67. The first-order valence-electron chi connectivity index (χ1n) is 9.55. The molecule has 0 saturated heterocycles. The van der Waals surface area contributed by atoms with Crippen molar-refractivity contribution in [1.29, 1.82) is 0 Å². The van der Waals surface area contributed by atoms with Gasteiger partial charge in [0.2, 0.25) is 5.91 Å². The van der Waals surface area contributed by atoms with Crippen LogP contribution in [0.15, 0.2) is 48.7 Å². The van der Waals surface area contributed by atoms with E-state index in [1.807, 2.05) is 42.7 Å². The van der Waals surface area contributed by atoms with Crippen LogP contribution in [0.5, 0.6) is 0 Å². The number of nitrogens with one attached hydrogen (secondary N) is 1. The molecule has 0 radical (unpaired) electrons. The molecule has 0 saturated carbocycles. The highest BCUT2D eigenvalue weighted by Gasteiger charge is 2.16. The number of carbonyl (C=O) groups is 2. The third-order valence-electron chi connectivity index (χ3n) is 4.67. The molecule has 0 aliphatic carbocycles. The van der Waals surface area contributed by atoms with Crippen LogP contribution in [0.4, 0.5) is 0 Å². The topological polar surface area (TPSA) is 80.1 Å². The Kier molecular flexibility index (Phi) is 6.37. The summed E-state index contributed by atoms with van der Waals surface area (Å²) in [6, 6.07) is 13.0. The summed E-state index contributed by atoms with van der Waals surface area (Å²) in [7, 11) is 0. The van der Waals surface area contributed by atoms with Gasteiger partial charge in [-0.25, -0.2) is 4.98 Å². The molecule has 2 heterocycles. The van der Waals surface area contributed by atoms with E-state index in [0.29, 0.717) is 31.7 Å². The fourth-order valence-electron chi connectivity index (χ4n) is 3.18. The summed E-state index contributed by atoms with van der Waals surface area (Å²) >= 11 is 0. The van der Waals surface area contributed by atoms with Crippen molar-refractivity contribution < 1.29 is 9.59 Å². The van der Waals surface area contributed by atoms with Crippen molar-refractivity contribution >= 4 is 22.8 Å².